The van der Waals surface area contributed by atoms with Crippen LogP contribution in [0.4, 0.5) is 0 Å². The number of hydrogen-bond acceptors (Lipinski definition) is 4. The summed E-state index contributed by atoms with van der Waals surface area (Å²) in [5.41, 5.74) is 2.01. The number of aromatic nitrogens is 4. The molecule has 0 amide bonds. The monoisotopic (exact) mass is 178 g/mol. The van der Waals surface area contributed by atoms with E-state index in [1.54, 1.807) is 12.4 Å². The minimum atomic E-state index is 0.197. The van der Waals surface area contributed by atoms with Crippen LogP contribution in [0, 0.1) is 0 Å². The molecule has 0 radical (unpaired) electrons. The van der Waals surface area contributed by atoms with E-state index in [1.165, 1.54) is 0 Å². The van der Waals surface area contributed by atoms with Gasteiger partial charge in [0.05, 0.1) is 6.20 Å². The van der Waals surface area contributed by atoms with Crippen molar-refractivity contribution in [1.82, 2.24) is 19.9 Å². The Balaban J connectivity index is 2.80. The molecule has 0 fully saturated rings. The number of fused-ring (bicyclic) bond motifs is 1. The highest BCUT2D eigenvalue weighted by Crippen LogP contribution is 2.05. The summed E-state index contributed by atoms with van der Waals surface area (Å²) in [5, 5.41) is 0.197. The lowest BCUT2D eigenvalue weighted by Gasteiger charge is -1.95. The van der Waals surface area contributed by atoms with E-state index in [0.717, 1.165) is 5.59 Å². The van der Waals surface area contributed by atoms with Crippen molar-refractivity contribution in [3.63, 3.8) is 0 Å². The van der Waals surface area contributed by atoms with Gasteiger partial charge in [0.2, 0.25) is 5.28 Å². The first-order valence-corrected chi connectivity index (χ1v) is 3.75. The summed E-state index contributed by atoms with van der Waals surface area (Å²) in [5.74, 6) is 0. The van der Waals surface area contributed by atoms with Crippen LogP contribution in [0.15, 0.2) is 12.4 Å². The minimum Gasteiger partial charge on any atom is -0.250 e. The van der Waals surface area contributed by atoms with Crippen molar-refractivity contribution in [3.8, 4) is 0 Å². The van der Waals surface area contributed by atoms with Gasteiger partial charge in [-0.05, 0) is 11.6 Å². The maximum absolute atomic E-state index is 5.58. The zero-order valence-electron chi connectivity index (χ0n) is 6.32. The topological polar surface area (TPSA) is 51.6 Å². The largest absolute Gasteiger partial charge is 0.250 e. The molecule has 2 aromatic rings. The Hall–Kier alpha value is -1.23. The second kappa shape index (κ2) is 2.67. The smallest absolute Gasteiger partial charge is 0.224 e. The summed E-state index contributed by atoms with van der Waals surface area (Å²) in [6.45, 7) is 0. The van der Waals surface area contributed by atoms with Crippen LogP contribution in [0.2, 0.25) is 5.28 Å². The third-order valence-corrected chi connectivity index (χ3v) is 1.58. The summed E-state index contributed by atoms with van der Waals surface area (Å²) in [4.78, 5) is 15.9. The number of halogens is 1. The first-order chi connectivity index (χ1) is 5.75. The second-order valence-electron chi connectivity index (χ2n) is 2.36. The molecule has 0 aliphatic rings. The van der Waals surface area contributed by atoms with Crippen LogP contribution in [0.5, 0.6) is 0 Å². The summed E-state index contributed by atoms with van der Waals surface area (Å²) in [6, 6.07) is 0. The van der Waals surface area contributed by atoms with Crippen molar-refractivity contribution in [2.75, 3.05) is 0 Å². The average molecular weight is 178 g/mol. The van der Waals surface area contributed by atoms with Crippen molar-refractivity contribution in [1.29, 1.82) is 0 Å². The van der Waals surface area contributed by atoms with Crippen molar-refractivity contribution in [2.45, 2.75) is 0 Å². The maximum atomic E-state index is 5.58. The fourth-order valence-corrected chi connectivity index (χ4v) is 1.01. The van der Waals surface area contributed by atoms with Crippen LogP contribution >= 0.6 is 11.6 Å². The predicted molar refractivity (Wildman–Crippen MR) is 48.3 cm³/mol. The maximum Gasteiger partial charge on any atom is 0.224 e. The molecule has 12 heavy (non-hydrogen) atoms. The summed E-state index contributed by atoms with van der Waals surface area (Å²) >= 11 is 5.58. The van der Waals surface area contributed by atoms with Gasteiger partial charge in [0.25, 0.3) is 0 Å². The standard InChI is InChI=1S/C6H4BClN4/c7-4-2-9-3-1-10-6(8)12-5(3)11-4/h1-2H,7H2. The van der Waals surface area contributed by atoms with Gasteiger partial charge in [-0.25, -0.2) is 9.97 Å². The molecule has 0 aromatic carbocycles. The molecule has 0 saturated heterocycles. The van der Waals surface area contributed by atoms with Gasteiger partial charge in [0.1, 0.15) is 5.52 Å². The Morgan fingerprint density at radius 2 is 2.00 bits per heavy atom. The van der Waals surface area contributed by atoms with Crippen molar-refractivity contribution in [2.24, 2.45) is 0 Å². The predicted octanol–water partition coefficient (Wildman–Crippen LogP) is -0.668. The van der Waals surface area contributed by atoms with E-state index in [0.29, 0.717) is 11.2 Å². The van der Waals surface area contributed by atoms with Crippen molar-refractivity contribution < 1.29 is 0 Å². The van der Waals surface area contributed by atoms with Gasteiger partial charge in [-0.1, -0.05) is 0 Å². The zero-order chi connectivity index (χ0) is 8.55. The SMILES string of the molecule is Bc1cnc2cnc(Cl)nc2n1. The first-order valence-electron chi connectivity index (χ1n) is 3.37. The van der Waals surface area contributed by atoms with Crippen LogP contribution in [-0.2, 0) is 0 Å². The molecule has 2 heterocycles. The van der Waals surface area contributed by atoms with E-state index in [2.05, 4.69) is 19.9 Å². The van der Waals surface area contributed by atoms with Crippen molar-refractivity contribution in [3.05, 3.63) is 17.7 Å². The molecule has 0 atom stereocenters. The Bertz CT molecular complexity index is 396. The zero-order valence-corrected chi connectivity index (χ0v) is 7.08. The van der Waals surface area contributed by atoms with E-state index < -0.39 is 0 Å². The average Bonchev–Trinajstić information content (AvgIpc) is 2.03. The van der Waals surface area contributed by atoms with Gasteiger partial charge in [-0.15, -0.1) is 0 Å². The Morgan fingerprint density at radius 3 is 2.83 bits per heavy atom. The second-order valence-corrected chi connectivity index (χ2v) is 2.70. The third-order valence-electron chi connectivity index (χ3n) is 1.39. The normalized spacial score (nSPS) is 10.4. The molecule has 4 nitrogen and oxygen atoms in total. The Labute approximate surface area is 74.4 Å². The van der Waals surface area contributed by atoms with Crippen LogP contribution in [-0.4, -0.2) is 27.8 Å². The molecule has 0 spiro atoms. The van der Waals surface area contributed by atoms with E-state index >= 15 is 0 Å². The van der Waals surface area contributed by atoms with E-state index in [4.69, 9.17) is 11.6 Å². The van der Waals surface area contributed by atoms with Crippen LogP contribution < -0.4 is 5.59 Å². The van der Waals surface area contributed by atoms with Gasteiger partial charge in [-0.2, -0.15) is 4.98 Å². The van der Waals surface area contributed by atoms with E-state index in [1.807, 2.05) is 7.85 Å². The molecule has 0 aliphatic carbocycles. The minimum absolute atomic E-state index is 0.197. The van der Waals surface area contributed by atoms with Gasteiger partial charge < -0.3 is 0 Å². The molecule has 0 bridgehead atoms. The highest BCUT2D eigenvalue weighted by Gasteiger charge is 1.99. The quantitative estimate of drug-likeness (QED) is 0.397. The number of hydrogen-bond donors (Lipinski definition) is 0. The molecular weight excluding hydrogens is 174 g/mol. The molecular formula is C6H4BClN4. The lowest BCUT2D eigenvalue weighted by atomic mass is 10.1. The van der Waals surface area contributed by atoms with Crippen LogP contribution in [0.3, 0.4) is 0 Å². The number of rotatable bonds is 0. The Morgan fingerprint density at radius 1 is 1.17 bits per heavy atom. The molecule has 6 heteroatoms. The lowest BCUT2D eigenvalue weighted by molar-refractivity contribution is 1.16. The molecule has 0 aliphatic heterocycles. The Kier molecular flexibility index (Phi) is 1.66. The van der Waals surface area contributed by atoms with Gasteiger partial charge in [0, 0.05) is 11.8 Å². The highest BCUT2D eigenvalue weighted by molar-refractivity contribution is 6.31. The van der Waals surface area contributed by atoms with Crippen LogP contribution in [0.1, 0.15) is 0 Å². The summed E-state index contributed by atoms with van der Waals surface area (Å²) in [6.07, 6.45) is 3.22. The molecule has 58 valence electrons. The third kappa shape index (κ3) is 1.23. The lowest BCUT2D eigenvalue weighted by Crippen LogP contribution is -2.09. The number of nitrogens with zero attached hydrogens (tertiary/aromatic N) is 4. The molecule has 0 N–H and O–H groups in total. The van der Waals surface area contributed by atoms with E-state index in [9.17, 15) is 0 Å². The fraction of sp³-hybridized carbons (Fsp3) is 0. The molecule has 0 saturated carbocycles. The molecule has 2 rings (SSSR count). The molecule has 0 unspecified atom stereocenters. The van der Waals surface area contributed by atoms with Crippen molar-refractivity contribution >= 4 is 36.2 Å². The van der Waals surface area contributed by atoms with E-state index in [-0.39, 0.29) is 5.28 Å². The molecule has 2 aromatic heterocycles. The summed E-state index contributed by atoms with van der Waals surface area (Å²) < 4.78 is 0. The summed E-state index contributed by atoms with van der Waals surface area (Å²) in [7, 11) is 1.85. The van der Waals surface area contributed by atoms with Crippen LogP contribution in [0.25, 0.3) is 11.2 Å². The van der Waals surface area contributed by atoms with Gasteiger partial charge in [0.15, 0.2) is 13.5 Å². The first kappa shape index (κ1) is 7.43. The van der Waals surface area contributed by atoms with Gasteiger partial charge >= 0.3 is 0 Å². The highest BCUT2D eigenvalue weighted by atomic mass is 35.5. The van der Waals surface area contributed by atoms with Gasteiger partial charge in [-0.3, -0.25) is 4.98 Å². The fourth-order valence-electron chi connectivity index (χ4n) is 0.878.